The van der Waals surface area contributed by atoms with E-state index in [1.807, 2.05) is 0 Å². The van der Waals surface area contributed by atoms with Crippen LogP contribution in [0, 0.1) is 25.7 Å². The molecule has 0 spiro atoms. The average Bonchev–Trinajstić information content (AvgIpc) is 3.27. The summed E-state index contributed by atoms with van der Waals surface area (Å²) in [6.45, 7) is 11.5. The zero-order chi connectivity index (χ0) is 43.2. The van der Waals surface area contributed by atoms with Crippen LogP contribution in [0.3, 0.4) is 0 Å². The molecule has 3 unspecified atom stereocenters. The van der Waals surface area contributed by atoms with E-state index in [1.54, 1.807) is 0 Å². The molecular formula is C59H88N2. The summed E-state index contributed by atoms with van der Waals surface area (Å²) in [5, 5.41) is 0. The third-order valence-corrected chi connectivity index (χ3v) is 14.8. The Bertz CT molecular complexity index is 1670. The summed E-state index contributed by atoms with van der Waals surface area (Å²) >= 11 is 0. The third kappa shape index (κ3) is 15.4. The van der Waals surface area contributed by atoms with Gasteiger partial charge in [-0.2, -0.15) is 0 Å². The molecule has 5 rings (SSSR count). The number of rotatable bonds is 28. The largest absolute Gasteiger partial charge is 0.399 e. The van der Waals surface area contributed by atoms with Gasteiger partial charge in [-0.3, -0.25) is 0 Å². The summed E-state index contributed by atoms with van der Waals surface area (Å²) in [7, 11) is 0. The summed E-state index contributed by atoms with van der Waals surface area (Å²) in [5.74, 6) is 2.94. The first-order valence-corrected chi connectivity index (χ1v) is 25.7. The molecule has 1 aliphatic rings. The van der Waals surface area contributed by atoms with Gasteiger partial charge in [0.05, 0.1) is 0 Å². The first-order valence-electron chi connectivity index (χ1n) is 25.7. The fourth-order valence-corrected chi connectivity index (χ4v) is 11.1. The van der Waals surface area contributed by atoms with Crippen molar-refractivity contribution in [3.63, 3.8) is 0 Å². The van der Waals surface area contributed by atoms with Crippen molar-refractivity contribution in [2.45, 2.75) is 213 Å². The Balaban J connectivity index is 1.45. The maximum Gasteiger partial charge on any atom is 0.0316 e. The van der Waals surface area contributed by atoms with E-state index < -0.39 is 0 Å². The summed E-state index contributed by atoms with van der Waals surface area (Å²) in [5.41, 5.74) is 25.7. The highest BCUT2D eigenvalue weighted by molar-refractivity contribution is 5.50. The summed E-state index contributed by atoms with van der Waals surface area (Å²) < 4.78 is 0. The van der Waals surface area contributed by atoms with Crippen molar-refractivity contribution >= 4 is 11.4 Å². The van der Waals surface area contributed by atoms with Gasteiger partial charge in [-0.15, -0.1) is 0 Å². The molecule has 2 heteroatoms. The lowest BCUT2D eigenvalue weighted by molar-refractivity contribution is 0.215. The Labute approximate surface area is 375 Å². The van der Waals surface area contributed by atoms with E-state index in [0.29, 0.717) is 17.8 Å². The van der Waals surface area contributed by atoms with E-state index in [4.69, 9.17) is 11.5 Å². The highest BCUT2D eigenvalue weighted by Gasteiger charge is 2.26. The molecule has 0 bridgehead atoms. The van der Waals surface area contributed by atoms with Crippen LogP contribution in [0.1, 0.15) is 244 Å². The van der Waals surface area contributed by atoms with Crippen LogP contribution in [0.25, 0.3) is 0 Å². The number of nitrogens with two attached hydrogens (primary N) is 2. The van der Waals surface area contributed by atoms with Crippen molar-refractivity contribution in [1.82, 2.24) is 0 Å². The zero-order valence-corrected chi connectivity index (χ0v) is 39.8. The maximum atomic E-state index is 6.28. The molecule has 0 aliphatic heterocycles. The van der Waals surface area contributed by atoms with Crippen LogP contribution in [-0.4, -0.2) is 0 Å². The zero-order valence-electron chi connectivity index (χ0n) is 39.8. The number of hydrogen-bond acceptors (Lipinski definition) is 2. The second kappa shape index (κ2) is 26.8. The number of unbranched alkanes of at least 4 members (excludes halogenated alkanes) is 12. The molecule has 1 fully saturated rings. The molecule has 1 saturated carbocycles. The Morgan fingerprint density at radius 1 is 0.410 bits per heavy atom. The molecule has 4 N–H and O–H groups in total. The van der Waals surface area contributed by atoms with Gasteiger partial charge in [-0.05, 0) is 120 Å². The van der Waals surface area contributed by atoms with E-state index >= 15 is 0 Å². The van der Waals surface area contributed by atoms with Gasteiger partial charge in [0.2, 0.25) is 0 Å². The van der Waals surface area contributed by atoms with E-state index in [9.17, 15) is 0 Å². The lowest BCUT2D eigenvalue weighted by atomic mass is 9.73. The highest BCUT2D eigenvalue weighted by atomic mass is 14.5. The van der Waals surface area contributed by atoms with E-state index in [2.05, 4.69) is 120 Å². The van der Waals surface area contributed by atoms with Crippen LogP contribution in [0.2, 0.25) is 0 Å². The Morgan fingerprint density at radius 2 is 0.787 bits per heavy atom. The van der Waals surface area contributed by atoms with Gasteiger partial charge in [0.1, 0.15) is 0 Å². The van der Waals surface area contributed by atoms with Crippen LogP contribution in [0.5, 0.6) is 0 Å². The number of benzene rings is 4. The Hall–Kier alpha value is -3.52. The van der Waals surface area contributed by atoms with Crippen molar-refractivity contribution in [2.75, 3.05) is 11.5 Å². The minimum atomic E-state index is 0.394. The second-order valence-corrected chi connectivity index (χ2v) is 19.6. The van der Waals surface area contributed by atoms with Gasteiger partial charge < -0.3 is 11.5 Å². The molecule has 4 aromatic rings. The minimum absolute atomic E-state index is 0.394. The third-order valence-electron chi connectivity index (χ3n) is 14.8. The molecular weight excluding hydrogens is 737 g/mol. The molecule has 3 atom stereocenters. The molecule has 0 saturated heterocycles. The van der Waals surface area contributed by atoms with Gasteiger partial charge in [0, 0.05) is 29.1 Å². The number of aryl methyl sites for hydroxylation is 2. The van der Waals surface area contributed by atoms with Crippen molar-refractivity contribution in [1.29, 1.82) is 0 Å². The summed E-state index contributed by atoms with van der Waals surface area (Å²) in [6.07, 6.45) is 33.5. The van der Waals surface area contributed by atoms with Gasteiger partial charge in [0.25, 0.3) is 0 Å². The molecule has 4 aromatic carbocycles. The van der Waals surface area contributed by atoms with Crippen LogP contribution in [0.4, 0.5) is 11.4 Å². The van der Waals surface area contributed by atoms with Crippen LogP contribution in [0.15, 0.2) is 84.9 Å². The number of hydrogen-bond donors (Lipinski definition) is 2. The monoisotopic (exact) mass is 825 g/mol. The van der Waals surface area contributed by atoms with Crippen molar-refractivity contribution in [3.05, 3.63) is 129 Å². The SMILES string of the molecule is CCCCCCCCC(c1ccc(C(CCC(CCCCC)C2CCCCC2)c2ccc(C(CCCCCCCC)c3ccc(N)cc3C)cc2)cc1)c1ccc(N)cc1C. The predicted molar refractivity (Wildman–Crippen MR) is 269 cm³/mol. The molecule has 0 radical (unpaired) electrons. The smallest absolute Gasteiger partial charge is 0.0316 e. The normalized spacial score (nSPS) is 15.4. The molecule has 2 nitrogen and oxygen atoms in total. The standard InChI is InChI=1S/C59H88N2/c1-6-9-12-14-16-22-27-58(55-41-38-53(60)43-45(55)4)51-33-29-49(30-34-51)57(40-37-48(24-19-11-8-3)47-25-20-18-21-26-47)50-31-35-52(36-32-50)59(28-23-17-15-13-10-7-2)56-42-39-54(61)44-46(56)5/h29-36,38-39,41-44,47-48,57-59H,6-28,37,40,60-61H2,1-5H3. The summed E-state index contributed by atoms with van der Waals surface area (Å²) in [4.78, 5) is 0. The predicted octanol–water partition coefficient (Wildman–Crippen LogP) is 17.9. The fraction of sp³-hybridized carbons (Fsp3) is 0.593. The lowest BCUT2D eigenvalue weighted by Crippen LogP contribution is -2.19. The minimum Gasteiger partial charge on any atom is -0.399 e. The first-order chi connectivity index (χ1) is 29.8. The van der Waals surface area contributed by atoms with Crippen molar-refractivity contribution in [3.8, 4) is 0 Å². The maximum absolute atomic E-state index is 6.28. The highest BCUT2D eigenvalue weighted by Crippen LogP contribution is 2.41. The van der Waals surface area contributed by atoms with Gasteiger partial charge >= 0.3 is 0 Å². The topological polar surface area (TPSA) is 52.0 Å². The number of anilines is 2. The van der Waals surface area contributed by atoms with Gasteiger partial charge in [-0.25, -0.2) is 0 Å². The molecule has 61 heavy (non-hydrogen) atoms. The van der Waals surface area contributed by atoms with Crippen molar-refractivity contribution < 1.29 is 0 Å². The van der Waals surface area contributed by atoms with E-state index in [0.717, 1.165) is 23.2 Å². The van der Waals surface area contributed by atoms with E-state index in [1.165, 1.54) is 205 Å². The molecule has 0 heterocycles. The first kappa shape index (κ1) is 48.5. The molecule has 334 valence electrons. The Morgan fingerprint density at radius 3 is 1.21 bits per heavy atom. The van der Waals surface area contributed by atoms with Crippen molar-refractivity contribution in [2.24, 2.45) is 11.8 Å². The second-order valence-electron chi connectivity index (χ2n) is 19.6. The van der Waals surface area contributed by atoms with Gasteiger partial charge in [0.15, 0.2) is 0 Å². The molecule has 0 amide bonds. The average molecular weight is 825 g/mol. The Kier molecular flexibility index (Phi) is 21.3. The van der Waals surface area contributed by atoms with Crippen LogP contribution >= 0.6 is 0 Å². The summed E-state index contributed by atoms with van der Waals surface area (Å²) in [6, 6.07) is 33.2. The quantitative estimate of drug-likeness (QED) is 0.0443. The van der Waals surface area contributed by atoms with Gasteiger partial charge in [-0.1, -0.05) is 216 Å². The van der Waals surface area contributed by atoms with E-state index in [-0.39, 0.29) is 0 Å². The van der Waals surface area contributed by atoms with Crippen LogP contribution in [-0.2, 0) is 0 Å². The van der Waals surface area contributed by atoms with Crippen LogP contribution < -0.4 is 11.5 Å². The molecule has 0 aromatic heterocycles. The molecule has 1 aliphatic carbocycles. The lowest BCUT2D eigenvalue weighted by Gasteiger charge is -2.32. The number of nitrogen functional groups attached to an aromatic ring is 2. The fourth-order valence-electron chi connectivity index (χ4n) is 11.1.